The summed E-state index contributed by atoms with van der Waals surface area (Å²) in [5.74, 6) is -0.400. The van der Waals surface area contributed by atoms with Gasteiger partial charge in [0, 0.05) is 0 Å². The van der Waals surface area contributed by atoms with Gasteiger partial charge in [-0.15, -0.1) is 0 Å². The van der Waals surface area contributed by atoms with E-state index >= 15 is 0 Å². The first-order chi connectivity index (χ1) is 9.45. The van der Waals surface area contributed by atoms with Gasteiger partial charge in [0.25, 0.3) is 5.69 Å². The Morgan fingerprint density at radius 3 is 2.65 bits per heavy atom. The van der Waals surface area contributed by atoms with E-state index in [0.29, 0.717) is 0 Å². The van der Waals surface area contributed by atoms with Crippen LogP contribution in [0.3, 0.4) is 0 Å². The van der Waals surface area contributed by atoms with Crippen LogP contribution in [0, 0.1) is 10.1 Å². The number of methoxy groups -OCH3 is 1. The molecule has 1 aromatic rings. The van der Waals surface area contributed by atoms with Gasteiger partial charge in [-0.3, -0.25) is 10.1 Å². The molecule has 0 fully saturated rings. The van der Waals surface area contributed by atoms with Crippen LogP contribution in [0.4, 0.5) is 5.69 Å². The Kier molecular flexibility index (Phi) is 3.57. The molecule has 8 nitrogen and oxygen atoms in total. The van der Waals surface area contributed by atoms with Crippen molar-refractivity contribution < 1.29 is 29.0 Å². The highest BCUT2D eigenvalue weighted by Crippen LogP contribution is 2.41. The molecule has 0 saturated carbocycles. The van der Waals surface area contributed by atoms with Crippen LogP contribution in [-0.4, -0.2) is 29.9 Å². The number of carbonyl (C=O) groups excluding carboxylic acids is 1. The van der Waals surface area contributed by atoms with Gasteiger partial charge in [0.1, 0.15) is 6.10 Å². The first-order valence-corrected chi connectivity index (χ1v) is 5.48. The number of fused-ring (bicyclic) bond motifs is 1. The van der Waals surface area contributed by atoms with E-state index in [-0.39, 0.29) is 29.4 Å². The normalized spacial score (nSPS) is 13.7. The maximum Gasteiger partial charge on any atom is 0.336 e. The number of rotatable bonds is 4. The molecule has 0 amide bonds. The van der Waals surface area contributed by atoms with Crippen molar-refractivity contribution in [1.82, 2.24) is 0 Å². The molecule has 1 unspecified atom stereocenters. The van der Waals surface area contributed by atoms with E-state index in [0.717, 1.165) is 13.2 Å². The third-order valence-electron chi connectivity index (χ3n) is 2.79. The predicted molar refractivity (Wildman–Crippen MR) is 65.3 cm³/mol. The molecule has 1 N–H and O–H groups in total. The van der Waals surface area contributed by atoms with Gasteiger partial charge in [0.2, 0.25) is 6.79 Å². The molecule has 2 rings (SSSR count). The van der Waals surface area contributed by atoms with Gasteiger partial charge in [-0.25, -0.2) is 4.79 Å². The lowest BCUT2D eigenvalue weighted by atomic mass is 10.0. The molecule has 0 bridgehead atoms. The van der Waals surface area contributed by atoms with Crippen molar-refractivity contribution in [3.8, 4) is 11.5 Å². The fourth-order valence-corrected chi connectivity index (χ4v) is 1.75. The van der Waals surface area contributed by atoms with Crippen molar-refractivity contribution in [2.45, 2.75) is 6.10 Å². The number of nitrogens with zero attached hydrogens (tertiary/aromatic N) is 1. The molecule has 1 aliphatic rings. The third kappa shape index (κ3) is 2.28. The SMILES string of the molecule is C=C(C(=O)OC)C(O)c1cc2c(cc1[N+](=O)[O-])OCO2. The fourth-order valence-electron chi connectivity index (χ4n) is 1.75. The molecule has 8 heteroatoms. The zero-order chi connectivity index (χ0) is 14.9. The van der Waals surface area contributed by atoms with Gasteiger partial charge in [-0.2, -0.15) is 0 Å². The Balaban J connectivity index is 2.47. The summed E-state index contributed by atoms with van der Waals surface area (Å²) in [5.41, 5.74) is -0.823. The Bertz CT molecular complexity index is 596. The quantitative estimate of drug-likeness (QED) is 0.381. The molecular weight excluding hydrogens is 270 g/mol. The van der Waals surface area contributed by atoms with E-state index in [1.165, 1.54) is 6.07 Å². The third-order valence-corrected chi connectivity index (χ3v) is 2.79. The number of esters is 1. The number of aliphatic hydroxyl groups is 1. The van der Waals surface area contributed by atoms with E-state index in [1.54, 1.807) is 0 Å². The van der Waals surface area contributed by atoms with Gasteiger partial charge < -0.3 is 19.3 Å². The molecular formula is C12H11NO7. The molecule has 106 valence electrons. The number of hydrogen-bond acceptors (Lipinski definition) is 7. The second kappa shape index (κ2) is 5.17. The van der Waals surface area contributed by atoms with Crippen LogP contribution in [-0.2, 0) is 9.53 Å². The Morgan fingerprint density at radius 2 is 2.10 bits per heavy atom. The number of nitro benzene ring substituents is 1. The standard InChI is InChI=1S/C12H11NO7/c1-6(12(15)18-2)11(14)7-3-9-10(20-5-19-9)4-8(7)13(16)17/h3-4,11,14H,1,5H2,2H3. The molecule has 1 aliphatic heterocycles. The van der Waals surface area contributed by atoms with E-state index in [4.69, 9.17) is 9.47 Å². The van der Waals surface area contributed by atoms with Crippen LogP contribution < -0.4 is 9.47 Å². The van der Waals surface area contributed by atoms with Crippen molar-refractivity contribution in [1.29, 1.82) is 0 Å². The van der Waals surface area contributed by atoms with Crippen molar-refractivity contribution >= 4 is 11.7 Å². The van der Waals surface area contributed by atoms with E-state index < -0.39 is 22.7 Å². The van der Waals surface area contributed by atoms with Crippen molar-refractivity contribution in [3.63, 3.8) is 0 Å². The number of nitro groups is 1. The largest absolute Gasteiger partial charge is 0.466 e. The first-order valence-electron chi connectivity index (χ1n) is 5.48. The van der Waals surface area contributed by atoms with E-state index in [9.17, 15) is 20.0 Å². The fraction of sp³-hybridized carbons (Fsp3) is 0.250. The molecule has 0 radical (unpaired) electrons. The van der Waals surface area contributed by atoms with Gasteiger partial charge in [0.15, 0.2) is 11.5 Å². The summed E-state index contributed by atoms with van der Waals surface area (Å²) in [6.45, 7) is 3.31. The minimum atomic E-state index is -1.57. The first kappa shape index (κ1) is 13.8. The van der Waals surface area contributed by atoms with Gasteiger partial charge in [-0.1, -0.05) is 6.58 Å². The average Bonchev–Trinajstić information content (AvgIpc) is 2.90. The van der Waals surface area contributed by atoms with Crippen molar-refractivity contribution in [2.75, 3.05) is 13.9 Å². The van der Waals surface area contributed by atoms with Crippen molar-refractivity contribution in [2.24, 2.45) is 0 Å². The lowest BCUT2D eigenvalue weighted by Crippen LogP contribution is -2.13. The lowest BCUT2D eigenvalue weighted by molar-refractivity contribution is -0.386. The Hall–Kier alpha value is -2.61. The molecule has 0 aliphatic carbocycles. The summed E-state index contributed by atoms with van der Waals surface area (Å²) >= 11 is 0. The topological polar surface area (TPSA) is 108 Å². The monoisotopic (exact) mass is 281 g/mol. The second-order valence-corrected chi connectivity index (χ2v) is 3.94. The smallest absolute Gasteiger partial charge is 0.336 e. The van der Waals surface area contributed by atoms with Crippen molar-refractivity contribution in [3.05, 3.63) is 40.0 Å². The van der Waals surface area contributed by atoms with Crippen LogP contribution in [0.1, 0.15) is 11.7 Å². The summed E-state index contributed by atoms with van der Waals surface area (Å²) in [7, 11) is 1.12. The minimum Gasteiger partial charge on any atom is -0.466 e. The maximum absolute atomic E-state index is 11.3. The number of benzene rings is 1. The molecule has 20 heavy (non-hydrogen) atoms. The molecule has 0 saturated heterocycles. The molecule has 1 aromatic carbocycles. The highest BCUT2D eigenvalue weighted by Gasteiger charge is 2.30. The summed E-state index contributed by atoms with van der Waals surface area (Å²) in [5, 5.41) is 21.1. The van der Waals surface area contributed by atoms with Crippen LogP contribution in [0.25, 0.3) is 0 Å². The second-order valence-electron chi connectivity index (χ2n) is 3.94. The number of aliphatic hydroxyl groups excluding tert-OH is 1. The highest BCUT2D eigenvalue weighted by molar-refractivity contribution is 5.89. The van der Waals surface area contributed by atoms with Crippen LogP contribution >= 0.6 is 0 Å². The van der Waals surface area contributed by atoms with E-state index in [1.807, 2.05) is 0 Å². The summed E-state index contributed by atoms with van der Waals surface area (Å²) < 4.78 is 14.5. The molecule has 0 aromatic heterocycles. The summed E-state index contributed by atoms with van der Waals surface area (Å²) in [4.78, 5) is 21.7. The predicted octanol–water partition coefficient (Wildman–Crippen LogP) is 1.09. The van der Waals surface area contributed by atoms with E-state index in [2.05, 4.69) is 11.3 Å². The number of ether oxygens (including phenoxy) is 3. The molecule has 0 spiro atoms. The summed E-state index contributed by atoms with van der Waals surface area (Å²) in [6.07, 6.45) is -1.57. The number of hydrogen-bond donors (Lipinski definition) is 1. The van der Waals surface area contributed by atoms with Crippen LogP contribution in [0.5, 0.6) is 11.5 Å². The Morgan fingerprint density at radius 1 is 1.50 bits per heavy atom. The minimum absolute atomic E-state index is 0.0655. The lowest BCUT2D eigenvalue weighted by Gasteiger charge is -2.13. The molecule has 1 atom stereocenters. The van der Waals surface area contributed by atoms with Gasteiger partial charge in [-0.05, 0) is 6.07 Å². The van der Waals surface area contributed by atoms with Gasteiger partial charge in [0.05, 0.1) is 29.2 Å². The average molecular weight is 281 g/mol. The highest BCUT2D eigenvalue weighted by atomic mass is 16.7. The summed E-state index contributed by atoms with van der Waals surface area (Å²) in [6, 6.07) is 2.38. The van der Waals surface area contributed by atoms with Gasteiger partial charge >= 0.3 is 5.97 Å². The Labute approximate surface area is 113 Å². The van der Waals surface area contributed by atoms with Crippen LogP contribution in [0.15, 0.2) is 24.3 Å². The van der Waals surface area contributed by atoms with Crippen LogP contribution in [0.2, 0.25) is 0 Å². The zero-order valence-corrected chi connectivity index (χ0v) is 10.5. The molecule has 1 heterocycles. The number of carbonyl (C=O) groups is 1. The maximum atomic E-state index is 11.3. The zero-order valence-electron chi connectivity index (χ0n) is 10.5.